The van der Waals surface area contributed by atoms with Crippen LogP contribution in [0.3, 0.4) is 0 Å². The van der Waals surface area contributed by atoms with E-state index in [1.807, 2.05) is 26.8 Å². The minimum Gasteiger partial charge on any atom is -0.507 e. The number of aliphatic hydroxyl groups excluding tert-OH is 1. The van der Waals surface area contributed by atoms with E-state index in [0.717, 1.165) is 5.56 Å². The van der Waals surface area contributed by atoms with Gasteiger partial charge in [0.15, 0.2) is 0 Å². The number of carbonyl (C=O) groups is 2. The van der Waals surface area contributed by atoms with Crippen LogP contribution >= 0.6 is 0 Å². The zero-order valence-electron chi connectivity index (χ0n) is 20.0. The Labute approximate surface area is 194 Å². The number of nitrogens with zero attached hydrogens (tertiary/aromatic N) is 1. The van der Waals surface area contributed by atoms with Crippen LogP contribution in [0.5, 0.6) is 11.5 Å². The van der Waals surface area contributed by atoms with Gasteiger partial charge in [-0.05, 0) is 29.7 Å². The van der Waals surface area contributed by atoms with Crippen molar-refractivity contribution >= 4 is 17.4 Å². The molecular weight excluding hydrogens is 422 g/mol. The number of hydrogen-bond acceptors (Lipinski definition) is 6. The Hall–Kier alpha value is -3.32. The van der Waals surface area contributed by atoms with E-state index < -0.39 is 17.7 Å². The number of amides is 1. The average molecular weight is 454 g/mol. The lowest BCUT2D eigenvalue weighted by Crippen LogP contribution is -2.32. The third kappa shape index (κ3) is 4.59. The number of methoxy groups -OCH3 is 3. The highest BCUT2D eigenvalue weighted by molar-refractivity contribution is 6.46. The predicted octanol–water partition coefficient (Wildman–Crippen LogP) is 4.07. The number of rotatable bonds is 7. The van der Waals surface area contributed by atoms with Crippen LogP contribution in [-0.4, -0.2) is 56.2 Å². The van der Waals surface area contributed by atoms with E-state index in [9.17, 15) is 14.7 Å². The first-order chi connectivity index (χ1) is 15.6. The summed E-state index contributed by atoms with van der Waals surface area (Å²) >= 11 is 0. The van der Waals surface area contributed by atoms with Gasteiger partial charge in [0.1, 0.15) is 17.3 Å². The van der Waals surface area contributed by atoms with Gasteiger partial charge in [-0.2, -0.15) is 0 Å². The second-order valence-electron chi connectivity index (χ2n) is 8.89. The fourth-order valence-electron chi connectivity index (χ4n) is 4.11. The lowest BCUT2D eigenvalue weighted by molar-refractivity contribution is -0.140. The highest BCUT2D eigenvalue weighted by Crippen LogP contribution is 2.43. The van der Waals surface area contributed by atoms with Crippen molar-refractivity contribution in [3.05, 3.63) is 64.7 Å². The first kappa shape index (κ1) is 24.3. The van der Waals surface area contributed by atoms with Crippen molar-refractivity contribution in [1.82, 2.24) is 4.90 Å². The Bertz CT molecular complexity index is 1080. The first-order valence-electron chi connectivity index (χ1n) is 10.7. The van der Waals surface area contributed by atoms with Crippen molar-refractivity contribution in [3.63, 3.8) is 0 Å². The van der Waals surface area contributed by atoms with Crippen LogP contribution in [0.1, 0.15) is 43.5 Å². The summed E-state index contributed by atoms with van der Waals surface area (Å²) in [5.74, 6) is -0.470. The molecule has 1 aliphatic heterocycles. The molecule has 1 heterocycles. The van der Waals surface area contributed by atoms with Crippen LogP contribution in [0.25, 0.3) is 5.76 Å². The molecule has 0 aliphatic carbocycles. The summed E-state index contributed by atoms with van der Waals surface area (Å²) < 4.78 is 16.2. The van der Waals surface area contributed by atoms with Gasteiger partial charge in [-0.3, -0.25) is 9.59 Å². The number of aliphatic hydroxyl groups is 1. The SMILES string of the molecule is COCCN1C(=O)C(=O)/C(=C(/O)c2ccc(OC)c(C(C)(C)C)c2)C1c1ccccc1OC. The van der Waals surface area contributed by atoms with E-state index in [2.05, 4.69) is 0 Å². The van der Waals surface area contributed by atoms with Gasteiger partial charge in [0, 0.05) is 30.3 Å². The number of hydrogen-bond donors (Lipinski definition) is 1. The Kier molecular flexibility index (Phi) is 7.12. The molecule has 176 valence electrons. The highest BCUT2D eigenvalue weighted by atomic mass is 16.5. The fraction of sp³-hybridized carbons (Fsp3) is 0.385. The third-order valence-corrected chi connectivity index (χ3v) is 5.79. The largest absolute Gasteiger partial charge is 0.507 e. The maximum Gasteiger partial charge on any atom is 0.295 e. The Balaban J connectivity index is 2.25. The average Bonchev–Trinajstić information content (AvgIpc) is 3.05. The first-order valence-corrected chi connectivity index (χ1v) is 10.7. The molecule has 1 N–H and O–H groups in total. The van der Waals surface area contributed by atoms with Crippen molar-refractivity contribution in [2.24, 2.45) is 0 Å². The second kappa shape index (κ2) is 9.67. The molecule has 2 aromatic rings. The van der Waals surface area contributed by atoms with Gasteiger partial charge in [-0.15, -0.1) is 0 Å². The molecule has 1 fully saturated rings. The van der Waals surface area contributed by atoms with Crippen molar-refractivity contribution in [3.8, 4) is 11.5 Å². The number of carbonyl (C=O) groups excluding carboxylic acids is 2. The van der Waals surface area contributed by atoms with E-state index in [1.165, 1.54) is 19.1 Å². The lowest BCUT2D eigenvalue weighted by Gasteiger charge is -2.26. The van der Waals surface area contributed by atoms with Crippen molar-refractivity contribution < 1.29 is 28.9 Å². The molecule has 3 rings (SSSR count). The molecule has 0 radical (unpaired) electrons. The highest BCUT2D eigenvalue weighted by Gasteiger charge is 2.46. The molecule has 0 saturated carbocycles. The molecule has 1 unspecified atom stereocenters. The minimum absolute atomic E-state index is 0.0191. The summed E-state index contributed by atoms with van der Waals surface area (Å²) in [6, 6.07) is 11.6. The second-order valence-corrected chi connectivity index (χ2v) is 8.89. The monoisotopic (exact) mass is 453 g/mol. The summed E-state index contributed by atoms with van der Waals surface area (Å²) in [5.41, 5.74) is 1.67. The molecule has 1 aliphatic rings. The Morgan fingerprint density at radius 2 is 1.67 bits per heavy atom. The van der Waals surface area contributed by atoms with E-state index in [4.69, 9.17) is 14.2 Å². The maximum atomic E-state index is 13.2. The van der Waals surface area contributed by atoms with Gasteiger partial charge in [0.05, 0.1) is 32.4 Å². The smallest absolute Gasteiger partial charge is 0.295 e. The van der Waals surface area contributed by atoms with Crippen LogP contribution in [0.15, 0.2) is 48.0 Å². The van der Waals surface area contributed by atoms with E-state index >= 15 is 0 Å². The topological polar surface area (TPSA) is 85.3 Å². The van der Waals surface area contributed by atoms with Crippen LogP contribution < -0.4 is 9.47 Å². The molecule has 2 aromatic carbocycles. The van der Waals surface area contributed by atoms with Gasteiger partial charge >= 0.3 is 0 Å². The lowest BCUT2D eigenvalue weighted by atomic mass is 9.84. The fourth-order valence-corrected chi connectivity index (χ4v) is 4.11. The summed E-state index contributed by atoms with van der Waals surface area (Å²) in [4.78, 5) is 27.6. The van der Waals surface area contributed by atoms with E-state index in [0.29, 0.717) is 22.6 Å². The molecule has 0 spiro atoms. The van der Waals surface area contributed by atoms with Crippen molar-refractivity contribution in [1.29, 1.82) is 0 Å². The third-order valence-electron chi connectivity index (χ3n) is 5.79. The van der Waals surface area contributed by atoms with E-state index in [1.54, 1.807) is 43.5 Å². The standard InChI is InChI=1S/C26H31NO6/c1-26(2,3)18-15-16(11-12-20(18)33-6)23(28)21-22(17-9-7-8-10-19(17)32-5)27(13-14-31-4)25(30)24(21)29/h7-12,15,22,28H,13-14H2,1-6H3/b23-21+. The van der Waals surface area contributed by atoms with Crippen LogP contribution in [-0.2, 0) is 19.7 Å². The molecule has 0 aromatic heterocycles. The molecule has 1 saturated heterocycles. The maximum absolute atomic E-state index is 13.2. The molecule has 1 atom stereocenters. The van der Waals surface area contributed by atoms with Gasteiger partial charge in [-0.1, -0.05) is 39.0 Å². The molecular formula is C26H31NO6. The number of Topliss-reactive ketones (excluding diaryl/α,β-unsaturated/α-hetero) is 1. The normalized spacial score (nSPS) is 18.0. The van der Waals surface area contributed by atoms with Crippen molar-refractivity contribution in [2.45, 2.75) is 32.2 Å². The predicted molar refractivity (Wildman–Crippen MR) is 126 cm³/mol. The van der Waals surface area contributed by atoms with Crippen LogP contribution in [0.4, 0.5) is 0 Å². The van der Waals surface area contributed by atoms with Crippen LogP contribution in [0, 0.1) is 0 Å². The summed E-state index contributed by atoms with van der Waals surface area (Å²) in [6.07, 6.45) is 0. The quantitative estimate of drug-likeness (QED) is 0.386. The number of ether oxygens (including phenoxy) is 3. The number of likely N-dealkylation sites (tertiary alicyclic amines) is 1. The summed E-state index contributed by atoms with van der Waals surface area (Å²) in [6.45, 7) is 6.54. The van der Waals surface area contributed by atoms with Gasteiger partial charge in [0.2, 0.25) is 0 Å². The van der Waals surface area contributed by atoms with Gasteiger partial charge in [-0.25, -0.2) is 0 Å². The van der Waals surface area contributed by atoms with Gasteiger partial charge < -0.3 is 24.2 Å². The van der Waals surface area contributed by atoms with Crippen molar-refractivity contribution in [2.75, 3.05) is 34.5 Å². The zero-order chi connectivity index (χ0) is 24.3. The zero-order valence-corrected chi connectivity index (χ0v) is 20.0. The molecule has 0 bridgehead atoms. The van der Waals surface area contributed by atoms with Crippen LogP contribution in [0.2, 0.25) is 0 Å². The van der Waals surface area contributed by atoms with E-state index in [-0.39, 0.29) is 29.9 Å². The van der Waals surface area contributed by atoms with Gasteiger partial charge in [0.25, 0.3) is 11.7 Å². The molecule has 33 heavy (non-hydrogen) atoms. The number of ketones is 1. The molecule has 7 nitrogen and oxygen atoms in total. The summed E-state index contributed by atoms with van der Waals surface area (Å²) in [5, 5.41) is 11.4. The molecule has 1 amide bonds. The minimum atomic E-state index is -0.809. The molecule has 7 heteroatoms. The number of para-hydroxylation sites is 1. The Morgan fingerprint density at radius 1 is 1.00 bits per heavy atom. The Morgan fingerprint density at radius 3 is 2.27 bits per heavy atom. The number of benzene rings is 2. The summed E-state index contributed by atoms with van der Waals surface area (Å²) in [7, 11) is 4.65.